The second-order valence-electron chi connectivity index (χ2n) is 5.12. The summed E-state index contributed by atoms with van der Waals surface area (Å²) in [5.74, 6) is -0.301. The first kappa shape index (κ1) is 11.9. The molecular formula is C13H16ClFO. The summed E-state index contributed by atoms with van der Waals surface area (Å²) in [7, 11) is 0. The molecule has 88 valence electrons. The van der Waals surface area contributed by atoms with Gasteiger partial charge in [0.25, 0.3) is 0 Å². The average Bonchev–Trinajstić information content (AvgIpc) is 2.52. The summed E-state index contributed by atoms with van der Waals surface area (Å²) in [5, 5.41) is 10.1. The highest BCUT2D eigenvalue weighted by Gasteiger charge is 2.34. The van der Waals surface area contributed by atoms with Crippen molar-refractivity contribution in [2.45, 2.75) is 38.7 Å². The van der Waals surface area contributed by atoms with Gasteiger partial charge in [0.2, 0.25) is 0 Å². The molecule has 0 amide bonds. The summed E-state index contributed by atoms with van der Waals surface area (Å²) in [6.07, 6.45) is 3.28. The molecule has 1 saturated carbocycles. The van der Waals surface area contributed by atoms with Crippen LogP contribution >= 0.6 is 11.6 Å². The SMILES string of the molecule is CC1(Cc2ccc(F)cc2Cl)CCC(O)C1. The fourth-order valence-corrected chi connectivity index (χ4v) is 2.81. The van der Waals surface area contributed by atoms with Crippen LogP contribution in [0, 0.1) is 11.2 Å². The van der Waals surface area contributed by atoms with Crippen LogP contribution in [0.5, 0.6) is 0 Å². The first-order chi connectivity index (χ1) is 7.48. The van der Waals surface area contributed by atoms with Crippen molar-refractivity contribution < 1.29 is 9.50 Å². The summed E-state index contributed by atoms with van der Waals surface area (Å²) < 4.78 is 12.9. The van der Waals surface area contributed by atoms with E-state index in [0.717, 1.165) is 31.2 Å². The molecule has 0 radical (unpaired) electrons. The molecule has 1 N–H and O–H groups in total. The zero-order valence-corrected chi connectivity index (χ0v) is 10.1. The molecule has 2 atom stereocenters. The number of hydrogen-bond acceptors (Lipinski definition) is 1. The van der Waals surface area contributed by atoms with Gasteiger partial charge in [-0.05, 0) is 48.8 Å². The third-order valence-corrected chi connectivity index (χ3v) is 3.79. The van der Waals surface area contributed by atoms with Gasteiger partial charge in [0.15, 0.2) is 0 Å². The lowest BCUT2D eigenvalue weighted by atomic mass is 9.82. The Labute approximate surface area is 100 Å². The van der Waals surface area contributed by atoms with E-state index in [9.17, 15) is 9.50 Å². The zero-order chi connectivity index (χ0) is 11.8. The Morgan fingerprint density at radius 1 is 1.56 bits per heavy atom. The molecule has 1 nitrogen and oxygen atoms in total. The number of hydrogen-bond donors (Lipinski definition) is 1. The summed E-state index contributed by atoms with van der Waals surface area (Å²) in [6.45, 7) is 2.16. The van der Waals surface area contributed by atoms with Crippen LogP contribution in [0.1, 0.15) is 31.7 Å². The summed E-state index contributed by atoms with van der Waals surface area (Å²) >= 11 is 6.00. The molecular weight excluding hydrogens is 227 g/mol. The smallest absolute Gasteiger partial charge is 0.124 e. The van der Waals surface area contributed by atoms with Crippen LogP contribution < -0.4 is 0 Å². The first-order valence-corrected chi connectivity index (χ1v) is 5.98. The van der Waals surface area contributed by atoms with Crippen molar-refractivity contribution >= 4 is 11.6 Å². The minimum Gasteiger partial charge on any atom is -0.393 e. The predicted molar refractivity (Wildman–Crippen MR) is 63.1 cm³/mol. The molecule has 2 rings (SSSR count). The molecule has 3 heteroatoms. The quantitative estimate of drug-likeness (QED) is 0.841. The van der Waals surface area contributed by atoms with E-state index in [-0.39, 0.29) is 17.3 Å². The Kier molecular flexibility index (Phi) is 3.22. The average molecular weight is 243 g/mol. The molecule has 1 aliphatic carbocycles. The van der Waals surface area contributed by atoms with Crippen LogP contribution in [0.25, 0.3) is 0 Å². The molecule has 1 aromatic carbocycles. The number of aliphatic hydroxyl groups is 1. The van der Waals surface area contributed by atoms with Crippen molar-refractivity contribution in [3.05, 3.63) is 34.6 Å². The van der Waals surface area contributed by atoms with Crippen molar-refractivity contribution in [2.75, 3.05) is 0 Å². The lowest BCUT2D eigenvalue weighted by molar-refractivity contribution is 0.163. The standard InChI is InChI=1S/C13H16ClFO/c1-13(5-4-11(16)8-13)7-9-2-3-10(15)6-12(9)14/h2-3,6,11,16H,4-5,7-8H2,1H3. The summed E-state index contributed by atoms with van der Waals surface area (Å²) in [4.78, 5) is 0. The summed E-state index contributed by atoms with van der Waals surface area (Å²) in [5.41, 5.74) is 1.07. The van der Waals surface area contributed by atoms with Gasteiger partial charge >= 0.3 is 0 Å². The number of rotatable bonds is 2. The van der Waals surface area contributed by atoms with Gasteiger partial charge in [0.05, 0.1) is 6.10 Å². The topological polar surface area (TPSA) is 20.2 Å². The van der Waals surface area contributed by atoms with Crippen LogP contribution in [-0.4, -0.2) is 11.2 Å². The van der Waals surface area contributed by atoms with E-state index in [2.05, 4.69) is 6.92 Å². The molecule has 0 spiro atoms. The number of halogens is 2. The monoisotopic (exact) mass is 242 g/mol. The van der Waals surface area contributed by atoms with Crippen LogP contribution in [-0.2, 0) is 6.42 Å². The molecule has 0 aliphatic heterocycles. The maximum atomic E-state index is 12.9. The van der Waals surface area contributed by atoms with Crippen LogP contribution in [0.3, 0.4) is 0 Å². The van der Waals surface area contributed by atoms with E-state index in [0.29, 0.717) is 5.02 Å². The highest BCUT2D eigenvalue weighted by atomic mass is 35.5. The van der Waals surface area contributed by atoms with Gasteiger partial charge in [-0.15, -0.1) is 0 Å². The molecule has 0 aromatic heterocycles. The zero-order valence-electron chi connectivity index (χ0n) is 9.34. The van der Waals surface area contributed by atoms with Crippen molar-refractivity contribution in [1.29, 1.82) is 0 Å². The second kappa shape index (κ2) is 4.34. The Morgan fingerprint density at radius 3 is 2.88 bits per heavy atom. The largest absolute Gasteiger partial charge is 0.393 e. The predicted octanol–water partition coefficient (Wildman–Crippen LogP) is 3.57. The lowest BCUT2D eigenvalue weighted by Crippen LogP contribution is -2.17. The minimum absolute atomic E-state index is 0.0981. The Morgan fingerprint density at radius 2 is 2.31 bits per heavy atom. The third-order valence-electron chi connectivity index (χ3n) is 3.44. The van der Waals surface area contributed by atoms with E-state index in [1.165, 1.54) is 12.1 Å². The van der Waals surface area contributed by atoms with Crippen LogP contribution in [0.15, 0.2) is 18.2 Å². The second-order valence-corrected chi connectivity index (χ2v) is 5.53. The first-order valence-electron chi connectivity index (χ1n) is 5.60. The molecule has 0 saturated heterocycles. The minimum atomic E-state index is -0.301. The molecule has 1 fully saturated rings. The van der Waals surface area contributed by atoms with Crippen molar-refractivity contribution in [1.82, 2.24) is 0 Å². The molecule has 0 bridgehead atoms. The van der Waals surface area contributed by atoms with Crippen molar-refractivity contribution in [2.24, 2.45) is 5.41 Å². The molecule has 16 heavy (non-hydrogen) atoms. The maximum Gasteiger partial charge on any atom is 0.124 e. The van der Waals surface area contributed by atoms with Crippen molar-refractivity contribution in [3.8, 4) is 0 Å². The molecule has 1 aliphatic rings. The maximum absolute atomic E-state index is 12.9. The van der Waals surface area contributed by atoms with Crippen molar-refractivity contribution in [3.63, 3.8) is 0 Å². The normalized spacial score (nSPS) is 29.6. The number of benzene rings is 1. The van der Waals surface area contributed by atoms with E-state index in [1.807, 2.05) is 0 Å². The highest BCUT2D eigenvalue weighted by Crippen LogP contribution is 2.41. The van der Waals surface area contributed by atoms with E-state index in [1.54, 1.807) is 6.07 Å². The van der Waals surface area contributed by atoms with Gasteiger partial charge in [0.1, 0.15) is 5.82 Å². The van der Waals surface area contributed by atoms with E-state index in [4.69, 9.17) is 11.6 Å². The van der Waals surface area contributed by atoms with Crippen LogP contribution in [0.2, 0.25) is 5.02 Å². The third kappa shape index (κ3) is 2.55. The van der Waals surface area contributed by atoms with Crippen LogP contribution in [0.4, 0.5) is 4.39 Å². The van der Waals surface area contributed by atoms with Gasteiger partial charge < -0.3 is 5.11 Å². The fraction of sp³-hybridized carbons (Fsp3) is 0.538. The van der Waals surface area contributed by atoms with Gasteiger partial charge in [-0.25, -0.2) is 4.39 Å². The lowest BCUT2D eigenvalue weighted by Gasteiger charge is -2.24. The summed E-state index contributed by atoms with van der Waals surface area (Å²) in [6, 6.07) is 4.54. The molecule has 1 aromatic rings. The van der Waals surface area contributed by atoms with Gasteiger partial charge in [-0.3, -0.25) is 0 Å². The van der Waals surface area contributed by atoms with Gasteiger partial charge in [-0.2, -0.15) is 0 Å². The Balaban J connectivity index is 2.14. The number of aliphatic hydroxyl groups excluding tert-OH is 1. The van der Waals surface area contributed by atoms with E-state index < -0.39 is 0 Å². The Hall–Kier alpha value is -0.600. The Bertz CT molecular complexity index is 394. The highest BCUT2D eigenvalue weighted by molar-refractivity contribution is 6.31. The molecule has 2 unspecified atom stereocenters. The van der Waals surface area contributed by atoms with Gasteiger partial charge in [0, 0.05) is 5.02 Å². The van der Waals surface area contributed by atoms with E-state index >= 15 is 0 Å². The fourth-order valence-electron chi connectivity index (χ4n) is 2.57. The van der Waals surface area contributed by atoms with Gasteiger partial charge in [-0.1, -0.05) is 24.6 Å². The molecule has 0 heterocycles.